The van der Waals surface area contributed by atoms with Crippen LogP contribution in [0.1, 0.15) is 0 Å². The summed E-state index contributed by atoms with van der Waals surface area (Å²) in [4.78, 5) is 0. The van der Waals surface area contributed by atoms with E-state index >= 15 is 0 Å². The van der Waals surface area contributed by atoms with Gasteiger partial charge in [0.15, 0.2) is 0 Å². The van der Waals surface area contributed by atoms with Crippen LogP contribution in [0.4, 0.5) is 17.3 Å². The third-order valence-corrected chi connectivity index (χ3v) is 1.34. The molecule has 0 spiro atoms. The molecule has 0 saturated carbocycles. The first-order valence-electron chi connectivity index (χ1n) is 4.81. The van der Waals surface area contributed by atoms with Gasteiger partial charge in [-0.1, -0.05) is 0 Å². The lowest BCUT2D eigenvalue weighted by atomic mass is 10.3. The van der Waals surface area contributed by atoms with Gasteiger partial charge in [-0.3, -0.25) is 0 Å². The molecule has 0 aromatic carbocycles. The molecule has 8 heteroatoms. The zero-order valence-electron chi connectivity index (χ0n) is 10.2. The molecule has 0 aliphatic heterocycles. The van der Waals surface area contributed by atoms with Crippen molar-refractivity contribution in [2.24, 2.45) is 0 Å². The number of hydrogen-bond acceptors (Lipinski definition) is 2. The molecule has 0 bridgehead atoms. The molecule has 3 nitrogen and oxygen atoms in total. The van der Waals surface area contributed by atoms with Gasteiger partial charge in [0.1, 0.15) is 6.54 Å². The number of halogens is 4. The fourth-order valence-corrected chi connectivity index (χ4v) is 0.583. The van der Waals surface area contributed by atoms with Crippen LogP contribution in [0.15, 0.2) is 0 Å². The third kappa shape index (κ3) is 37.3. The summed E-state index contributed by atoms with van der Waals surface area (Å²) < 4.78 is 50.1. The molecule has 0 aliphatic carbocycles. The largest absolute Gasteiger partial charge is 0.673 e. The zero-order valence-corrected chi connectivity index (χ0v) is 10.2. The Kier molecular flexibility index (Phi) is 9.90. The lowest BCUT2D eigenvalue weighted by Gasteiger charge is -2.23. The van der Waals surface area contributed by atoms with Gasteiger partial charge in [0.2, 0.25) is 0 Å². The molecule has 0 aliphatic rings. The van der Waals surface area contributed by atoms with Gasteiger partial charge >= 0.3 is 7.25 Å². The highest BCUT2D eigenvalue weighted by atomic mass is 19.5. The van der Waals surface area contributed by atoms with Gasteiger partial charge in [0.05, 0.1) is 41.0 Å². The third-order valence-electron chi connectivity index (χ3n) is 1.34. The summed E-state index contributed by atoms with van der Waals surface area (Å²) in [6.45, 7) is 3.25. The standard InChI is InChI=1S/C8H20NO2.BF4/c1-9(2,3)5-6-11-8-7-10-4;2-1(3,4)5/h5-8H2,1-4H3;/q+1;-1. The molecule has 0 fully saturated rings. The molecule has 0 unspecified atom stereocenters. The number of hydrogen-bond donors (Lipinski definition) is 0. The van der Waals surface area contributed by atoms with Gasteiger partial charge in [0, 0.05) is 7.11 Å². The number of likely N-dealkylation sites (N-methyl/N-ethyl adjacent to an activating group) is 1. The highest BCUT2D eigenvalue weighted by molar-refractivity contribution is 6.50. The van der Waals surface area contributed by atoms with Crippen LogP contribution in [0.3, 0.4) is 0 Å². The molecule has 0 rings (SSSR count). The molecular weight excluding hydrogens is 229 g/mol. The van der Waals surface area contributed by atoms with Crippen molar-refractivity contribution < 1.29 is 31.2 Å². The normalized spacial score (nSPS) is 12.0. The van der Waals surface area contributed by atoms with Crippen LogP contribution in [0.25, 0.3) is 0 Å². The van der Waals surface area contributed by atoms with Gasteiger partial charge in [-0.05, 0) is 0 Å². The van der Waals surface area contributed by atoms with E-state index in [0.717, 1.165) is 17.6 Å². The van der Waals surface area contributed by atoms with Crippen LogP contribution >= 0.6 is 0 Å². The van der Waals surface area contributed by atoms with Crippen molar-refractivity contribution in [2.45, 2.75) is 0 Å². The number of quaternary nitrogens is 1. The topological polar surface area (TPSA) is 18.5 Å². The second-order valence-electron chi connectivity index (χ2n) is 4.11. The monoisotopic (exact) mass is 249 g/mol. The summed E-state index contributed by atoms with van der Waals surface area (Å²) in [7, 11) is 2.14. The van der Waals surface area contributed by atoms with Crippen LogP contribution in [0, 0.1) is 0 Å². The van der Waals surface area contributed by atoms with Crippen LogP contribution in [0.2, 0.25) is 0 Å². The van der Waals surface area contributed by atoms with Gasteiger partial charge < -0.3 is 31.2 Å². The smallest absolute Gasteiger partial charge is 0.418 e. The Hall–Kier alpha value is -0.335. The van der Waals surface area contributed by atoms with E-state index < -0.39 is 7.25 Å². The number of nitrogens with zero attached hydrogens (tertiary/aromatic N) is 1. The minimum Gasteiger partial charge on any atom is -0.418 e. The maximum atomic E-state index is 9.75. The van der Waals surface area contributed by atoms with Crippen molar-refractivity contribution in [1.82, 2.24) is 0 Å². The van der Waals surface area contributed by atoms with E-state index in [1.54, 1.807) is 7.11 Å². The highest BCUT2D eigenvalue weighted by Crippen LogP contribution is 2.06. The van der Waals surface area contributed by atoms with Crippen molar-refractivity contribution in [2.75, 3.05) is 54.6 Å². The van der Waals surface area contributed by atoms with Crippen molar-refractivity contribution in [1.29, 1.82) is 0 Å². The average Bonchev–Trinajstić information content (AvgIpc) is 1.98. The van der Waals surface area contributed by atoms with E-state index in [9.17, 15) is 17.3 Å². The van der Waals surface area contributed by atoms with Crippen LogP contribution in [-0.2, 0) is 9.47 Å². The first kappa shape index (κ1) is 18.0. The highest BCUT2D eigenvalue weighted by Gasteiger charge is 2.20. The Bertz CT molecular complexity index is 155. The zero-order chi connectivity index (χ0) is 13.2. The Morgan fingerprint density at radius 1 is 0.938 bits per heavy atom. The van der Waals surface area contributed by atoms with Crippen molar-refractivity contribution in [3.8, 4) is 0 Å². The number of rotatable bonds is 6. The van der Waals surface area contributed by atoms with E-state index in [0.29, 0.717) is 13.2 Å². The summed E-state index contributed by atoms with van der Waals surface area (Å²) >= 11 is 0. The van der Waals surface area contributed by atoms with E-state index in [-0.39, 0.29) is 0 Å². The van der Waals surface area contributed by atoms with Crippen LogP contribution < -0.4 is 0 Å². The van der Waals surface area contributed by atoms with Crippen molar-refractivity contribution in [3.05, 3.63) is 0 Å². The summed E-state index contributed by atoms with van der Waals surface area (Å²) in [6, 6.07) is 0. The van der Waals surface area contributed by atoms with E-state index in [1.165, 1.54) is 0 Å². The molecule has 16 heavy (non-hydrogen) atoms. The quantitative estimate of drug-likeness (QED) is 0.308. The van der Waals surface area contributed by atoms with Crippen LogP contribution in [0.5, 0.6) is 0 Å². The second-order valence-corrected chi connectivity index (χ2v) is 4.11. The fraction of sp³-hybridized carbons (Fsp3) is 1.00. The first-order valence-corrected chi connectivity index (χ1v) is 4.81. The minimum atomic E-state index is -6.00. The maximum Gasteiger partial charge on any atom is 0.673 e. The number of ether oxygens (including phenoxy) is 2. The van der Waals surface area contributed by atoms with Gasteiger partial charge in [0.25, 0.3) is 0 Å². The SMILES string of the molecule is COCCOCC[N+](C)(C)C.F[B-](F)(F)F. The Labute approximate surface area is 94.0 Å². The molecule has 0 heterocycles. The van der Waals surface area contributed by atoms with E-state index in [4.69, 9.17) is 9.47 Å². The summed E-state index contributed by atoms with van der Waals surface area (Å²) in [5, 5.41) is 0. The molecule has 0 atom stereocenters. The Morgan fingerprint density at radius 2 is 1.38 bits per heavy atom. The molecule has 0 aromatic heterocycles. The summed E-state index contributed by atoms with van der Waals surface area (Å²) in [6.07, 6.45) is 0. The minimum absolute atomic E-state index is 0.692. The van der Waals surface area contributed by atoms with Crippen LogP contribution in [-0.4, -0.2) is 66.4 Å². The fourth-order valence-electron chi connectivity index (χ4n) is 0.583. The predicted molar refractivity (Wildman–Crippen MR) is 55.8 cm³/mol. The van der Waals surface area contributed by atoms with Gasteiger partial charge in [-0.2, -0.15) is 0 Å². The first-order chi connectivity index (χ1) is 7.06. The molecule has 0 N–H and O–H groups in total. The van der Waals surface area contributed by atoms with Crippen molar-refractivity contribution >= 4 is 7.25 Å². The molecule has 0 aromatic rings. The van der Waals surface area contributed by atoms with Gasteiger partial charge in [-0.15, -0.1) is 0 Å². The predicted octanol–water partition coefficient (Wildman–Crippen LogP) is 1.66. The molecule has 0 saturated heterocycles. The summed E-state index contributed by atoms with van der Waals surface area (Å²) in [5.74, 6) is 0. The Balaban J connectivity index is 0. The second kappa shape index (κ2) is 8.78. The average molecular weight is 249 g/mol. The maximum absolute atomic E-state index is 9.75. The summed E-state index contributed by atoms with van der Waals surface area (Å²) in [5.41, 5.74) is 0. The van der Waals surface area contributed by atoms with Crippen molar-refractivity contribution in [3.63, 3.8) is 0 Å². The lowest BCUT2D eigenvalue weighted by molar-refractivity contribution is -0.870. The van der Waals surface area contributed by atoms with Gasteiger partial charge in [-0.25, -0.2) is 0 Å². The van der Waals surface area contributed by atoms with E-state index in [2.05, 4.69) is 21.1 Å². The van der Waals surface area contributed by atoms with E-state index in [1.807, 2.05) is 0 Å². The molecule has 0 amide bonds. The molecule has 0 radical (unpaired) electrons. The Morgan fingerprint density at radius 3 is 1.69 bits per heavy atom. The molecule has 100 valence electrons. The molecular formula is C8H20BF4NO2. The number of methoxy groups -OCH3 is 1. The lowest BCUT2D eigenvalue weighted by Crippen LogP contribution is -2.37.